The topological polar surface area (TPSA) is 82.1 Å². The molecule has 2 atom stereocenters. The minimum Gasteiger partial charge on any atom is -0.337 e. The van der Waals surface area contributed by atoms with Gasteiger partial charge in [-0.25, -0.2) is 13.1 Å². The number of likely N-dealkylation sites (tertiary alicyclic amines) is 2. The van der Waals surface area contributed by atoms with E-state index in [2.05, 4.69) is 16.4 Å². The average Bonchev–Trinajstić information content (AvgIpc) is 3.41. The van der Waals surface area contributed by atoms with Gasteiger partial charge in [0, 0.05) is 30.4 Å². The summed E-state index contributed by atoms with van der Waals surface area (Å²) in [4.78, 5) is 20.6. The van der Waals surface area contributed by atoms with Gasteiger partial charge in [0.25, 0.3) is 0 Å². The summed E-state index contributed by atoms with van der Waals surface area (Å²) in [5.41, 5.74) is 0. The number of hydrogen-bond donors (Lipinski definition) is 1. The Labute approximate surface area is 175 Å². The van der Waals surface area contributed by atoms with Gasteiger partial charge in [-0.1, -0.05) is 18.2 Å². The monoisotopic (exact) mass is 434 g/mol. The number of nitrogens with zero attached hydrogens (tertiary/aromatic N) is 3. The van der Waals surface area contributed by atoms with Crippen LogP contribution < -0.4 is 4.72 Å². The predicted molar refractivity (Wildman–Crippen MR) is 116 cm³/mol. The number of amides is 1. The van der Waals surface area contributed by atoms with Crippen LogP contribution in [0.25, 0.3) is 10.1 Å². The zero-order valence-electron chi connectivity index (χ0n) is 16.3. The summed E-state index contributed by atoms with van der Waals surface area (Å²) in [5.74, 6) is 0.101. The lowest BCUT2D eigenvalue weighted by atomic mass is 10.2. The van der Waals surface area contributed by atoms with E-state index in [1.165, 1.54) is 11.3 Å². The van der Waals surface area contributed by atoms with Gasteiger partial charge in [0.1, 0.15) is 4.21 Å². The summed E-state index contributed by atoms with van der Waals surface area (Å²) in [7, 11) is -3.56. The number of nitrogens with one attached hydrogen (secondary N) is 1. The van der Waals surface area contributed by atoms with E-state index in [0.717, 1.165) is 29.5 Å². The fourth-order valence-corrected chi connectivity index (χ4v) is 6.90. The number of sulfonamides is 1. The molecule has 2 saturated heterocycles. The molecule has 1 aromatic heterocycles. The number of benzene rings is 1. The average molecular weight is 435 g/mol. The highest BCUT2D eigenvalue weighted by molar-refractivity contribution is 7.91. The van der Waals surface area contributed by atoms with Crippen LogP contribution in [0.4, 0.5) is 0 Å². The van der Waals surface area contributed by atoms with Gasteiger partial charge in [-0.15, -0.1) is 11.3 Å². The van der Waals surface area contributed by atoms with E-state index in [-0.39, 0.29) is 18.0 Å². The van der Waals surface area contributed by atoms with Crippen LogP contribution in [0.3, 0.4) is 0 Å². The van der Waals surface area contributed by atoms with Gasteiger partial charge in [0.05, 0.1) is 19.1 Å². The minimum atomic E-state index is -3.56. The summed E-state index contributed by atoms with van der Waals surface area (Å²) in [5, 5.41) is 0.936. The van der Waals surface area contributed by atoms with Crippen molar-refractivity contribution < 1.29 is 13.2 Å². The van der Waals surface area contributed by atoms with Crippen molar-refractivity contribution in [3.05, 3.63) is 30.3 Å². The second-order valence-electron chi connectivity index (χ2n) is 7.73. The van der Waals surface area contributed by atoms with E-state index in [1.807, 2.05) is 34.1 Å². The quantitative estimate of drug-likeness (QED) is 0.676. The molecule has 29 heavy (non-hydrogen) atoms. The molecule has 7 nitrogen and oxygen atoms in total. The Morgan fingerprint density at radius 2 is 2.10 bits per heavy atom. The first-order chi connectivity index (χ1) is 14.0. The van der Waals surface area contributed by atoms with Gasteiger partial charge in [-0.05, 0) is 43.5 Å². The van der Waals surface area contributed by atoms with E-state index >= 15 is 0 Å². The molecule has 0 radical (unpaired) electrons. The molecule has 9 heteroatoms. The van der Waals surface area contributed by atoms with Gasteiger partial charge >= 0.3 is 0 Å². The Hall–Kier alpha value is -1.81. The zero-order valence-corrected chi connectivity index (χ0v) is 17.9. The Morgan fingerprint density at radius 1 is 1.28 bits per heavy atom. The fourth-order valence-electron chi connectivity index (χ4n) is 4.22. The number of carbonyl (C=O) groups is 1. The molecule has 1 N–H and O–H groups in total. The molecule has 1 amide bonds. The molecule has 2 aromatic rings. The van der Waals surface area contributed by atoms with Gasteiger partial charge in [0.2, 0.25) is 15.9 Å². The third kappa shape index (κ3) is 4.53. The lowest BCUT2D eigenvalue weighted by Gasteiger charge is -2.26. The van der Waals surface area contributed by atoms with Crippen molar-refractivity contribution in [1.82, 2.24) is 14.5 Å². The van der Waals surface area contributed by atoms with Crippen molar-refractivity contribution in [2.45, 2.75) is 35.6 Å². The fraction of sp³-hybridized carbons (Fsp3) is 0.500. The van der Waals surface area contributed by atoms with Crippen molar-refractivity contribution in [2.24, 2.45) is 4.99 Å². The maximum atomic E-state index is 12.8. The summed E-state index contributed by atoms with van der Waals surface area (Å²) in [6, 6.07) is 9.36. The van der Waals surface area contributed by atoms with E-state index in [0.29, 0.717) is 36.8 Å². The van der Waals surface area contributed by atoms with Crippen molar-refractivity contribution >= 4 is 44.1 Å². The van der Waals surface area contributed by atoms with Crippen LogP contribution in [0.2, 0.25) is 0 Å². The number of thiophene rings is 1. The van der Waals surface area contributed by atoms with Crippen molar-refractivity contribution in [2.75, 3.05) is 32.7 Å². The van der Waals surface area contributed by atoms with Gasteiger partial charge in [0.15, 0.2) is 0 Å². The Bertz CT molecular complexity index is 971. The van der Waals surface area contributed by atoms with Crippen LogP contribution in [0.5, 0.6) is 0 Å². The molecular formula is C20H26N4O3S2. The minimum absolute atomic E-state index is 0.101. The molecular weight excluding hydrogens is 408 g/mol. The van der Waals surface area contributed by atoms with Gasteiger partial charge < -0.3 is 4.90 Å². The molecule has 0 spiro atoms. The molecule has 2 fully saturated rings. The highest BCUT2D eigenvalue weighted by Gasteiger charge is 2.33. The summed E-state index contributed by atoms with van der Waals surface area (Å²) >= 11 is 1.28. The zero-order chi connectivity index (χ0) is 20.4. The Morgan fingerprint density at radius 3 is 2.90 bits per heavy atom. The SMILES string of the molecule is C=NCC1CCCN1C(=O)CN1CC[C@H](NS(=O)(=O)c2cc3ccccc3s2)C1. The summed E-state index contributed by atoms with van der Waals surface area (Å²) < 4.78 is 29.7. The van der Waals surface area contributed by atoms with Crippen molar-refractivity contribution in [3.63, 3.8) is 0 Å². The standard InChI is InChI=1S/C20H26N4O3S2/c1-21-12-17-6-4-9-24(17)19(25)14-23-10-8-16(13-23)22-29(26,27)20-11-15-5-2-3-7-18(15)28-20/h2-3,5,7,11,16-17,22H,1,4,6,8-10,12-14H2/t16-,17?/m0/s1. The van der Waals surface area contributed by atoms with Crippen LogP contribution in [0.15, 0.2) is 39.5 Å². The molecule has 3 heterocycles. The second kappa shape index (κ2) is 8.51. The van der Waals surface area contributed by atoms with Crippen LogP contribution in [0.1, 0.15) is 19.3 Å². The number of fused-ring (bicyclic) bond motifs is 1. The maximum absolute atomic E-state index is 12.8. The van der Waals surface area contributed by atoms with E-state index < -0.39 is 10.0 Å². The lowest BCUT2D eigenvalue weighted by molar-refractivity contribution is -0.132. The smallest absolute Gasteiger partial charge is 0.250 e. The summed E-state index contributed by atoms with van der Waals surface area (Å²) in [6.45, 7) is 6.49. The molecule has 1 unspecified atom stereocenters. The van der Waals surface area contributed by atoms with E-state index in [4.69, 9.17) is 0 Å². The molecule has 1 aromatic carbocycles. The first-order valence-corrected chi connectivity index (χ1v) is 12.2. The van der Waals surface area contributed by atoms with Gasteiger partial charge in [-0.3, -0.25) is 14.7 Å². The van der Waals surface area contributed by atoms with E-state index in [9.17, 15) is 13.2 Å². The molecule has 0 saturated carbocycles. The molecule has 2 aliphatic heterocycles. The first kappa shape index (κ1) is 20.5. The van der Waals surface area contributed by atoms with Crippen LogP contribution in [-0.4, -0.2) is 75.6 Å². The maximum Gasteiger partial charge on any atom is 0.250 e. The number of aliphatic imine (C=N–C) groups is 1. The van der Waals surface area contributed by atoms with Crippen LogP contribution in [-0.2, 0) is 14.8 Å². The molecule has 2 aliphatic rings. The molecule has 4 rings (SSSR count). The molecule has 156 valence electrons. The second-order valence-corrected chi connectivity index (χ2v) is 10.8. The van der Waals surface area contributed by atoms with Crippen LogP contribution >= 0.6 is 11.3 Å². The molecule has 0 aliphatic carbocycles. The van der Waals surface area contributed by atoms with E-state index in [1.54, 1.807) is 6.07 Å². The number of hydrogen-bond acceptors (Lipinski definition) is 6. The Kier molecular flexibility index (Phi) is 6.00. The normalized spacial score (nSPS) is 23.1. The first-order valence-electron chi connectivity index (χ1n) is 9.91. The predicted octanol–water partition coefficient (Wildman–Crippen LogP) is 1.95. The summed E-state index contributed by atoms with van der Waals surface area (Å²) in [6.07, 6.45) is 2.68. The number of rotatable bonds is 7. The third-order valence-electron chi connectivity index (χ3n) is 5.66. The number of carbonyl (C=O) groups excluding carboxylic acids is 1. The van der Waals surface area contributed by atoms with Gasteiger partial charge in [-0.2, -0.15) is 0 Å². The van der Waals surface area contributed by atoms with Crippen molar-refractivity contribution in [1.29, 1.82) is 0 Å². The van der Waals surface area contributed by atoms with Crippen LogP contribution in [0, 0.1) is 0 Å². The highest BCUT2D eigenvalue weighted by Crippen LogP contribution is 2.29. The third-order valence-corrected chi connectivity index (χ3v) is 8.77. The molecule has 0 bridgehead atoms. The Balaban J connectivity index is 1.34. The highest BCUT2D eigenvalue weighted by atomic mass is 32.2. The lowest BCUT2D eigenvalue weighted by Crippen LogP contribution is -2.44. The van der Waals surface area contributed by atoms with Crippen molar-refractivity contribution in [3.8, 4) is 0 Å². The largest absolute Gasteiger partial charge is 0.337 e.